The molecule has 0 spiro atoms. The van der Waals surface area contributed by atoms with E-state index in [1.165, 1.54) is 90.4 Å². The molecule has 1 rings (SSSR count). The standard InChI is InChI=1S/C26H53N2O3.HI/c1-4-5-6-7-8-9-10-11-12-13-14-15-16-17-22-30-24-26(31-25(2)29)23-28(3)20-18-27-19-21-28;/h26-27H,4-24H2,1-3H3;1H/q+1;/p-1. The molecule has 0 aromatic rings. The Morgan fingerprint density at radius 1 is 0.844 bits per heavy atom. The minimum absolute atomic E-state index is 0. The van der Waals surface area contributed by atoms with Crippen molar-refractivity contribution < 1.29 is 42.7 Å². The molecule has 1 saturated heterocycles. The first kappa shape index (κ1) is 32.1. The summed E-state index contributed by atoms with van der Waals surface area (Å²) in [6, 6.07) is 0. The third-order valence-corrected chi connectivity index (χ3v) is 6.58. The number of unbranched alkanes of at least 4 members (excludes halogenated alkanes) is 13. The predicted molar refractivity (Wildman–Crippen MR) is 130 cm³/mol. The fourth-order valence-electron chi connectivity index (χ4n) is 4.58. The number of piperazine rings is 1. The quantitative estimate of drug-likeness (QED) is 0.106. The van der Waals surface area contributed by atoms with Crippen LogP contribution < -0.4 is 29.3 Å². The smallest absolute Gasteiger partial charge is 0.303 e. The zero-order valence-corrected chi connectivity index (χ0v) is 23.6. The van der Waals surface area contributed by atoms with Gasteiger partial charge in [0, 0.05) is 26.6 Å². The average molecular weight is 569 g/mol. The summed E-state index contributed by atoms with van der Waals surface area (Å²) in [6.07, 6.45) is 19.0. The normalized spacial score (nSPS) is 16.3. The molecule has 1 heterocycles. The van der Waals surface area contributed by atoms with Crippen LogP contribution in [0.5, 0.6) is 0 Å². The van der Waals surface area contributed by atoms with Crippen molar-refractivity contribution >= 4 is 5.97 Å². The van der Waals surface area contributed by atoms with Crippen LogP contribution in [0.25, 0.3) is 0 Å². The third-order valence-electron chi connectivity index (χ3n) is 6.58. The van der Waals surface area contributed by atoms with E-state index in [4.69, 9.17) is 9.47 Å². The molecule has 0 aromatic carbocycles. The summed E-state index contributed by atoms with van der Waals surface area (Å²) in [5.41, 5.74) is 0. The number of hydrogen-bond donors (Lipinski definition) is 1. The molecule has 0 radical (unpaired) electrons. The molecule has 0 aromatic heterocycles. The second kappa shape index (κ2) is 21.6. The molecule has 1 aliphatic heterocycles. The van der Waals surface area contributed by atoms with Crippen LogP contribution in [0.4, 0.5) is 0 Å². The zero-order chi connectivity index (χ0) is 22.6. The van der Waals surface area contributed by atoms with Gasteiger partial charge in [0.1, 0.15) is 6.54 Å². The summed E-state index contributed by atoms with van der Waals surface area (Å²) < 4.78 is 12.4. The number of rotatable bonds is 20. The number of halogens is 1. The van der Waals surface area contributed by atoms with Gasteiger partial charge in [-0.25, -0.2) is 0 Å². The van der Waals surface area contributed by atoms with Gasteiger partial charge >= 0.3 is 5.97 Å². The molecule has 1 N–H and O–H groups in total. The Kier molecular flexibility index (Phi) is 21.7. The SMILES string of the molecule is CCCCCCCCCCCCCCCCOCC(C[N+]1(C)CCNCC1)OC(C)=O.[I-]. The molecular weight excluding hydrogens is 515 g/mol. The van der Waals surface area contributed by atoms with E-state index in [1.807, 2.05) is 0 Å². The first-order chi connectivity index (χ1) is 15.1. The van der Waals surface area contributed by atoms with Crippen molar-refractivity contribution in [2.45, 2.75) is 110 Å². The molecule has 192 valence electrons. The van der Waals surface area contributed by atoms with Gasteiger partial charge in [0.05, 0.1) is 26.7 Å². The second-order valence-electron chi connectivity index (χ2n) is 9.90. The van der Waals surface area contributed by atoms with Crippen LogP contribution in [-0.2, 0) is 14.3 Å². The number of ether oxygens (including phenoxy) is 2. The summed E-state index contributed by atoms with van der Waals surface area (Å²) in [5.74, 6) is -0.202. The van der Waals surface area contributed by atoms with Crippen molar-refractivity contribution in [1.82, 2.24) is 5.32 Å². The zero-order valence-electron chi connectivity index (χ0n) is 21.5. The first-order valence-electron chi connectivity index (χ1n) is 13.3. The molecule has 1 aliphatic rings. The second-order valence-corrected chi connectivity index (χ2v) is 9.90. The summed E-state index contributed by atoms with van der Waals surface area (Å²) >= 11 is 0. The van der Waals surface area contributed by atoms with Crippen LogP contribution in [0.15, 0.2) is 0 Å². The molecule has 1 atom stereocenters. The molecule has 6 heteroatoms. The van der Waals surface area contributed by atoms with Gasteiger partial charge in [0.2, 0.25) is 0 Å². The number of likely N-dealkylation sites (N-methyl/N-ethyl adjacent to an activating group) is 1. The number of carbonyl (C=O) groups excluding carboxylic acids is 1. The Morgan fingerprint density at radius 2 is 1.31 bits per heavy atom. The Labute approximate surface area is 216 Å². The maximum absolute atomic E-state index is 11.5. The van der Waals surface area contributed by atoms with E-state index in [9.17, 15) is 4.79 Å². The van der Waals surface area contributed by atoms with E-state index >= 15 is 0 Å². The third kappa shape index (κ3) is 18.5. The van der Waals surface area contributed by atoms with Gasteiger partial charge < -0.3 is 43.3 Å². The lowest BCUT2D eigenvalue weighted by Gasteiger charge is -2.39. The number of nitrogens with one attached hydrogen (secondary N) is 1. The topological polar surface area (TPSA) is 47.6 Å². The van der Waals surface area contributed by atoms with Gasteiger partial charge in [0.15, 0.2) is 6.10 Å². The number of quaternary nitrogens is 1. The highest BCUT2D eigenvalue weighted by Gasteiger charge is 2.30. The van der Waals surface area contributed by atoms with Crippen molar-refractivity contribution in [2.75, 3.05) is 53.0 Å². The fourth-order valence-corrected chi connectivity index (χ4v) is 4.58. The van der Waals surface area contributed by atoms with Crippen molar-refractivity contribution in [3.63, 3.8) is 0 Å². The van der Waals surface area contributed by atoms with E-state index in [2.05, 4.69) is 19.3 Å². The molecule has 32 heavy (non-hydrogen) atoms. The van der Waals surface area contributed by atoms with E-state index in [0.717, 1.165) is 50.2 Å². The minimum atomic E-state index is -0.202. The number of esters is 1. The highest BCUT2D eigenvalue weighted by molar-refractivity contribution is 5.66. The highest BCUT2D eigenvalue weighted by atomic mass is 127. The Hall–Kier alpha value is 0.0800. The first-order valence-corrected chi connectivity index (χ1v) is 13.3. The summed E-state index contributed by atoms with van der Waals surface area (Å²) in [6.45, 7) is 10.2. The van der Waals surface area contributed by atoms with E-state index in [-0.39, 0.29) is 36.0 Å². The molecular formula is C26H53IN2O3. The van der Waals surface area contributed by atoms with Gasteiger partial charge in [-0.1, -0.05) is 90.4 Å². The van der Waals surface area contributed by atoms with Crippen LogP contribution in [0, 0.1) is 0 Å². The van der Waals surface area contributed by atoms with Gasteiger partial charge in [-0.2, -0.15) is 0 Å². The monoisotopic (exact) mass is 568 g/mol. The highest BCUT2D eigenvalue weighted by Crippen LogP contribution is 2.13. The lowest BCUT2D eigenvalue weighted by atomic mass is 10.0. The van der Waals surface area contributed by atoms with E-state index < -0.39 is 0 Å². The Balaban J connectivity index is 0.00000961. The molecule has 0 aliphatic carbocycles. The van der Waals surface area contributed by atoms with Crippen molar-refractivity contribution in [3.05, 3.63) is 0 Å². The maximum Gasteiger partial charge on any atom is 0.303 e. The summed E-state index contributed by atoms with van der Waals surface area (Å²) in [7, 11) is 2.25. The number of nitrogens with zero attached hydrogens (tertiary/aromatic N) is 1. The van der Waals surface area contributed by atoms with Crippen LogP contribution >= 0.6 is 0 Å². The number of carbonyl (C=O) groups is 1. The largest absolute Gasteiger partial charge is 1.00 e. The van der Waals surface area contributed by atoms with Crippen LogP contribution in [0.3, 0.4) is 0 Å². The maximum atomic E-state index is 11.5. The van der Waals surface area contributed by atoms with Gasteiger partial charge in [-0.3, -0.25) is 4.79 Å². The van der Waals surface area contributed by atoms with Crippen molar-refractivity contribution in [1.29, 1.82) is 0 Å². The van der Waals surface area contributed by atoms with Crippen molar-refractivity contribution in [2.24, 2.45) is 0 Å². The van der Waals surface area contributed by atoms with Crippen LogP contribution in [0.2, 0.25) is 0 Å². The lowest BCUT2D eigenvalue weighted by molar-refractivity contribution is -0.913. The lowest BCUT2D eigenvalue weighted by Crippen LogP contribution is -3.00. The van der Waals surface area contributed by atoms with Crippen molar-refractivity contribution in [3.8, 4) is 0 Å². The summed E-state index contributed by atoms with van der Waals surface area (Å²) in [4.78, 5) is 11.5. The van der Waals surface area contributed by atoms with Gasteiger partial charge in [-0.15, -0.1) is 0 Å². The van der Waals surface area contributed by atoms with Crippen LogP contribution in [-0.4, -0.2) is 69.5 Å². The molecule has 0 saturated carbocycles. The average Bonchev–Trinajstić information content (AvgIpc) is 2.73. The van der Waals surface area contributed by atoms with E-state index in [1.54, 1.807) is 0 Å². The van der Waals surface area contributed by atoms with E-state index in [0.29, 0.717) is 6.61 Å². The molecule has 1 unspecified atom stereocenters. The van der Waals surface area contributed by atoms with Crippen LogP contribution in [0.1, 0.15) is 104 Å². The molecule has 0 bridgehead atoms. The Bertz CT molecular complexity index is 431. The van der Waals surface area contributed by atoms with Gasteiger partial charge in [0.25, 0.3) is 0 Å². The predicted octanol–water partition coefficient (Wildman–Crippen LogP) is 2.47. The van der Waals surface area contributed by atoms with Gasteiger partial charge in [-0.05, 0) is 6.42 Å². The molecule has 1 fully saturated rings. The molecule has 0 amide bonds. The molecule has 5 nitrogen and oxygen atoms in total. The summed E-state index contributed by atoms with van der Waals surface area (Å²) in [5, 5.41) is 3.40. The number of hydrogen-bond acceptors (Lipinski definition) is 4. The Morgan fingerprint density at radius 3 is 1.78 bits per heavy atom. The minimum Gasteiger partial charge on any atom is -1.00 e. The fraction of sp³-hybridized carbons (Fsp3) is 0.962.